The van der Waals surface area contributed by atoms with E-state index >= 15 is 0 Å². The molecule has 0 spiro atoms. The predicted molar refractivity (Wildman–Crippen MR) is 71.5 cm³/mol. The SMILES string of the molecule is COc1ccc([N+](=O)[O-])c(Oc2cc(C)nc(Cl)n2)c1. The average Bonchev–Trinajstić information content (AvgIpc) is 2.37. The molecule has 1 aromatic heterocycles. The molecule has 1 aromatic carbocycles. The van der Waals surface area contributed by atoms with Crippen molar-refractivity contribution in [2.45, 2.75) is 6.92 Å². The quantitative estimate of drug-likeness (QED) is 0.489. The molecular formula is C12H10ClN3O4. The highest BCUT2D eigenvalue weighted by Crippen LogP contribution is 2.34. The molecule has 0 N–H and O–H groups in total. The summed E-state index contributed by atoms with van der Waals surface area (Å²) in [5.41, 5.74) is 0.392. The largest absolute Gasteiger partial charge is 0.497 e. The molecule has 2 aromatic rings. The monoisotopic (exact) mass is 295 g/mol. The Kier molecular flexibility index (Phi) is 3.99. The highest BCUT2D eigenvalue weighted by molar-refractivity contribution is 6.28. The molecule has 0 saturated heterocycles. The van der Waals surface area contributed by atoms with Gasteiger partial charge in [0.25, 0.3) is 0 Å². The number of aromatic nitrogens is 2. The molecule has 0 saturated carbocycles. The number of ether oxygens (including phenoxy) is 2. The van der Waals surface area contributed by atoms with Crippen molar-refractivity contribution in [3.8, 4) is 17.4 Å². The van der Waals surface area contributed by atoms with Crippen LogP contribution in [0.15, 0.2) is 24.3 Å². The van der Waals surface area contributed by atoms with Crippen LogP contribution in [0.1, 0.15) is 5.69 Å². The predicted octanol–water partition coefficient (Wildman–Crippen LogP) is 3.15. The molecule has 8 heteroatoms. The van der Waals surface area contributed by atoms with Crippen LogP contribution in [0.2, 0.25) is 5.28 Å². The van der Waals surface area contributed by atoms with Crippen molar-refractivity contribution >= 4 is 17.3 Å². The average molecular weight is 296 g/mol. The fourth-order valence-corrected chi connectivity index (χ4v) is 1.74. The van der Waals surface area contributed by atoms with Gasteiger partial charge in [-0.05, 0) is 24.6 Å². The minimum absolute atomic E-state index is 0.00514. The van der Waals surface area contributed by atoms with E-state index in [4.69, 9.17) is 21.1 Å². The van der Waals surface area contributed by atoms with Crippen LogP contribution in [0.25, 0.3) is 0 Å². The van der Waals surface area contributed by atoms with Gasteiger partial charge in [-0.15, -0.1) is 0 Å². The van der Waals surface area contributed by atoms with E-state index in [1.54, 1.807) is 6.92 Å². The molecule has 20 heavy (non-hydrogen) atoms. The van der Waals surface area contributed by atoms with Gasteiger partial charge in [0.2, 0.25) is 16.9 Å². The highest BCUT2D eigenvalue weighted by Gasteiger charge is 2.17. The first-order chi connectivity index (χ1) is 9.49. The molecule has 0 aliphatic heterocycles. The van der Waals surface area contributed by atoms with Crippen molar-refractivity contribution in [2.75, 3.05) is 7.11 Å². The first kappa shape index (κ1) is 14.0. The first-order valence-electron chi connectivity index (χ1n) is 5.51. The number of rotatable bonds is 4. The smallest absolute Gasteiger partial charge is 0.311 e. The lowest BCUT2D eigenvalue weighted by Gasteiger charge is -2.07. The summed E-state index contributed by atoms with van der Waals surface area (Å²) in [4.78, 5) is 18.2. The molecule has 0 aliphatic carbocycles. The Balaban J connectivity index is 2.42. The molecular weight excluding hydrogens is 286 g/mol. The van der Waals surface area contributed by atoms with Gasteiger partial charge in [0, 0.05) is 23.9 Å². The van der Waals surface area contributed by atoms with Crippen LogP contribution in [0.5, 0.6) is 17.4 Å². The van der Waals surface area contributed by atoms with Gasteiger partial charge in [-0.2, -0.15) is 4.98 Å². The summed E-state index contributed by atoms with van der Waals surface area (Å²) in [7, 11) is 1.46. The van der Waals surface area contributed by atoms with Crippen molar-refractivity contribution in [2.24, 2.45) is 0 Å². The van der Waals surface area contributed by atoms with Crippen molar-refractivity contribution in [3.63, 3.8) is 0 Å². The number of hydrogen-bond acceptors (Lipinski definition) is 6. The summed E-state index contributed by atoms with van der Waals surface area (Å²) < 4.78 is 10.4. The van der Waals surface area contributed by atoms with Crippen molar-refractivity contribution < 1.29 is 14.4 Å². The molecule has 0 fully saturated rings. The fourth-order valence-electron chi connectivity index (χ4n) is 1.52. The van der Waals surface area contributed by atoms with Gasteiger partial charge < -0.3 is 9.47 Å². The summed E-state index contributed by atoms with van der Waals surface area (Å²) in [5.74, 6) is 0.574. The van der Waals surface area contributed by atoms with Gasteiger partial charge in [0.1, 0.15) is 5.75 Å². The van der Waals surface area contributed by atoms with E-state index in [2.05, 4.69) is 9.97 Å². The Hall–Kier alpha value is -2.41. The third-order valence-electron chi connectivity index (χ3n) is 2.38. The molecule has 0 atom stereocenters. The highest BCUT2D eigenvalue weighted by atomic mass is 35.5. The summed E-state index contributed by atoms with van der Waals surface area (Å²) in [5, 5.41) is 11.0. The summed E-state index contributed by atoms with van der Waals surface area (Å²) in [6, 6.07) is 5.70. The van der Waals surface area contributed by atoms with Crippen LogP contribution >= 0.6 is 11.6 Å². The number of methoxy groups -OCH3 is 1. The van der Waals surface area contributed by atoms with Gasteiger partial charge in [-0.3, -0.25) is 10.1 Å². The summed E-state index contributed by atoms with van der Waals surface area (Å²) in [6.07, 6.45) is 0. The minimum atomic E-state index is -0.551. The molecule has 0 aliphatic rings. The second-order valence-corrected chi connectivity index (χ2v) is 4.15. The van der Waals surface area contributed by atoms with Crippen molar-refractivity contribution in [3.05, 3.63) is 45.4 Å². The van der Waals surface area contributed by atoms with Crippen LogP contribution in [0, 0.1) is 17.0 Å². The van der Waals surface area contributed by atoms with E-state index in [-0.39, 0.29) is 22.6 Å². The molecule has 2 rings (SSSR count). The zero-order valence-corrected chi connectivity index (χ0v) is 11.4. The van der Waals surface area contributed by atoms with E-state index in [1.807, 2.05) is 0 Å². The number of nitro benzene ring substituents is 1. The third-order valence-corrected chi connectivity index (χ3v) is 2.55. The lowest BCUT2D eigenvalue weighted by atomic mass is 10.3. The Morgan fingerprint density at radius 2 is 2.05 bits per heavy atom. The third kappa shape index (κ3) is 3.12. The van der Waals surface area contributed by atoms with Crippen LogP contribution < -0.4 is 9.47 Å². The number of aryl methyl sites for hydroxylation is 1. The second kappa shape index (κ2) is 5.70. The van der Waals surface area contributed by atoms with Crippen LogP contribution in [-0.2, 0) is 0 Å². The standard InChI is InChI=1S/C12H10ClN3O4/c1-7-5-11(15-12(13)14-7)20-10-6-8(19-2)3-4-9(10)16(17)18/h3-6H,1-2H3. The number of benzene rings is 1. The van der Waals surface area contributed by atoms with E-state index in [0.717, 1.165) is 0 Å². The topological polar surface area (TPSA) is 87.4 Å². The molecule has 1 heterocycles. The summed E-state index contributed by atoms with van der Waals surface area (Å²) in [6.45, 7) is 1.71. The van der Waals surface area contributed by atoms with Gasteiger partial charge in [-0.1, -0.05) is 0 Å². The van der Waals surface area contributed by atoms with Gasteiger partial charge in [-0.25, -0.2) is 4.98 Å². The summed E-state index contributed by atoms with van der Waals surface area (Å²) >= 11 is 5.72. The molecule has 0 radical (unpaired) electrons. The van der Waals surface area contributed by atoms with Gasteiger partial charge in [0.05, 0.1) is 12.0 Å². The maximum absolute atomic E-state index is 11.0. The lowest BCUT2D eigenvalue weighted by molar-refractivity contribution is -0.385. The number of hydrogen-bond donors (Lipinski definition) is 0. The molecule has 0 bridgehead atoms. The lowest BCUT2D eigenvalue weighted by Crippen LogP contribution is -1.97. The zero-order chi connectivity index (χ0) is 14.7. The van der Waals surface area contributed by atoms with Crippen LogP contribution in [-0.4, -0.2) is 22.0 Å². The normalized spacial score (nSPS) is 10.2. The minimum Gasteiger partial charge on any atom is -0.497 e. The maximum atomic E-state index is 11.0. The van der Waals surface area contributed by atoms with E-state index in [1.165, 1.54) is 31.4 Å². The second-order valence-electron chi connectivity index (χ2n) is 3.81. The Bertz CT molecular complexity index is 643. The van der Waals surface area contributed by atoms with Crippen LogP contribution in [0.4, 0.5) is 5.69 Å². The van der Waals surface area contributed by atoms with Crippen molar-refractivity contribution in [1.82, 2.24) is 9.97 Å². The Labute approximate surface area is 119 Å². The van der Waals surface area contributed by atoms with E-state index in [9.17, 15) is 10.1 Å². The molecule has 104 valence electrons. The van der Waals surface area contributed by atoms with Gasteiger partial charge in [0.15, 0.2) is 0 Å². The Morgan fingerprint density at radius 1 is 1.30 bits per heavy atom. The fraction of sp³-hybridized carbons (Fsp3) is 0.167. The number of halogens is 1. The first-order valence-corrected chi connectivity index (χ1v) is 5.89. The molecule has 0 unspecified atom stereocenters. The number of nitrogens with zero attached hydrogens (tertiary/aromatic N) is 3. The maximum Gasteiger partial charge on any atom is 0.311 e. The van der Waals surface area contributed by atoms with Crippen molar-refractivity contribution in [1.29, 1.82) is 0 Å². The van der Waals surface area contributed by atoms with Gasteiger partial charge >= 0.3 is 5.69 Å². The molecule has 7 nitrogen and oxygen atoms in total. The number of nitro groups is 1. The van der Waals surface area contributed by atoms with Crippen LogP contribution in [0.3, 0.4) is 0 Å². The Morgan fingerprint density at radius 3 is 2.65 bits per heavy atom. The van der Waals surface area contributed by atoms with E-state index < -0.39 is 4.92 Å². The zero-order valence-electron chi connectivity index (χ0n) is 10.7. The van der Waals surface area contributed by atoms with E-state index in [0.29, 0.717) is 11.4 Å². The molecule has 0 amide bonds.